The van der Waals surface area contributed by atoms with E-state index in [9.17, 15) is 9.46 Å². The normalized spacial score (nSPS) is 13.9. The Balaban J connectivity index is 0.00000196. The fourth-order valence-electron chi connectivity index (χ4n) is 3.39. The van der Waals surface area contributed by atoms with Crippen molar-refractivity contribution in [1.29, 1.82) is 0 Å². The van der Waals surface area contributed by atoms with Gasteiger partial charge in [0.1, 0.15) is 6.72 Å². The van der Waals surface area contributed by atoms with Crippen molar-refractivity contribution in [3.05, 3.63) is 60.2 Å². The van der Waals surface area contributed by atoms with E-state index in [4.69, 9.17) is 0 Å². The van der Waals surface area contributed by atoms with Crippen molar-refractivity contribution in [1.82, 2.24) is 5.09 Å². The molecule has 0 aliphatic carbocycles. The minimum absolute atomic E-state index is 0. The molecule has 128 valence electrons. The standard InChI is InChI=1S/C20H20NO2PS.Na/c1-2-12-25-24(22,23)21-13-17-9-8-16-7-6-14-4-3-5-15-10-11-18(17)20(16)19(14)15;/h3-11H,2,12-13H2,1H3,(H2,21,22,23);/q;+1/p-1. The first-order valence-corrected chi connectivity index (χ1v) is 11.7. The zero-order valence-corrected chi connectivity index (χ0v) is 18.7. The maximum absolute atomic E-state index is 12.1. The molecule has 4 aromatic rings. The van der Waals surface area contributed by atoms with Crippen molar-refractivity contribution in [3.63, 3.8) is 0 Å². The van der Waals surface area contributed by atoms with E-state index >= 15 is 0 Å². The SMILES string of the molecule is CCCSP(=O)([O-])NCc1ccc2ccc3cccc4ccc1c2c34.[Na+]. The van der Waals surface area contributed by atoms with Gasteiger partial charge in [-0.05, 0) is 44.3 Å². The summed E-state index contributed by atoms with van der Waals surface area (Å²) in [5, 5.41) is 9.96. The molecule has 0 aromatic heterocycles. The van der Waals surface area contributed by atoms with Crippen LogP contribution in [0.25, 0.3) is 32.3 Å². The molecule has 4 aromatic carbocycles. The third kappa shape index (κ3) is 3.83. The van der Waals surface area contributed by atoms with Crippen LogP contribution >= 0.6 is 18.1 Å². The Labute approximate surface area is 179 Å². The first kappa shape index (κ1) is 20.2. The van der Waals surface area contributed by atoms with Crippen LogP contribution in [0.4, 0.5) is 0 Å². The van der Waals surface area contributed by atoms with E-state index in [1.54, 1.807) is 0 Å². The van der Waals surface area contributed by atoms with E-state index in [0.29, 0.717) is 12.3 Å². The van der Waals surface area contributed by atoms with E-state index in [2.05, 4.69) is 53.6 Å². The van der Waals surface area contributed by atoms with Gasteiger partial charge in [0.25, 0.3) is 0 Å². The maximum Gasteiger partial charge on any atom is 1.00 e. The van der Waals surface area contributed by atoms with Gasteiger partial charge < -0.3 is 9.46 Å². The van der Waals surface area contributed by atoms with Gasteiger partial charge in [0, 0.05) is 12.3 Å². The van der Waals surface area contributed by atoms with E-state index in [-0.39, 0.29) is 29.6 Å². The number of hydrogen-bond acceptors (Lipinski definition) is 3. The minimum atomic E-state index is -3.61. The maximum atomic E-state index is 12.1. The average Bonchev–Trinajstić information content (AvgIpc) is 2.63. The molecule has 1 N–H and O–H groups in total. The number of benzene rings is 4. The number of hydrogen-bond donors (Lipinski definition) is 1. The summed E-state index contributed by atoms with van der Waals surface area (Å²) in [5.41, 5.74) is 1.01. The Hall–Kier alpha value is -0.580. The van der Waals surface area contributed by atoms with Gasteiger partial charge in [-0.15, -0.1) is 0 Å². The van der Waals surface area contributed by atoms with E-state index in [1.165, 1.54) is 26.9 Å². The topological polar surface area (TPSA) is 52.2 Å². The summed E-state index contributed by atoms with van der Waals surface area (Å²) in [6.45, 7) is -1.30. The van der Waals surface area contributed by atoms with E-state index in [1.807, 2.05) is 13.0 Å². The zero-order valence-electron chi connectivity index (χ0n) is 15.0. The molecule has 0 aliphatic heterocycles. The van der Waals surface area contributed by atoms with Crippen LogP contribution in [0.15, 0.2) is 54.6 Å². The van der Waals surface area contributed by atoms with Crippen LogP contribution in [0.1, 0.15) is 18.9 Å². The van der Waals surface area contributed by atoms with Gasteiger partial charge in [-0.25, -0.2) is 0 Å². The summed E-state index contributed by atoms with van der Waals surface area (Å²) in [6.07, 6.45) is 0.845. The van der Waals surface area contributed by atoms with Crippen molar-refractivity contribution in [2.75, 3.05) is 5.75 Å². The van der Waals surface area contributed by atoms with Crippen LogP contribution < -0.4 is 39.5 Å². The van der Waals surface area contributed by atoms with Gasteiger partial charge >= 0.3 is 29.6 Å². The van der Waals surface area contributed by atoms with Crippen molar-refractivity contribution >= 4 is 50.4 Å². The van der Waals surface area contributed by atoms with Gasteiger partial charge in [-0.3, -0.25) is 5.09 Å². The molecule has 0 radical (unpaired) electrons. The molecule has 0 aliphatic rings. The smallest absolute Gasteiger partial charge is 0.780 e. The monoisotopic (exact) mass is 391 g/mol. The predicted octanol–water partition coefficient (Wildman–Crippen LogP) is 2.29. The van der Waals surface area contributed by atoms with Crippen LogP contribution in [0.2, 0.25) is 0 Å². The molecule has 0 bridgehead atoms. The summed E-state index contributed by atoms with van der Waals surface area (Å²) in [6, 6.07) is 18.9. The molecule has 1 atom stereocenters. The summed E-state index contributed by atoms with van der Waals surface area (Å²) >= 11 is 1.00. The van der Waals surface area contributed by atoms with Crippen LogP contribution in [-0.2, 0) is 11.1 Å². The second-order valence-corrected chi connectivity index (χ2v) is 10.4. The van der Waals surface area contributed by atoms with Crippen LogP contribution in [0.5, 0.6) is 0 Å². The van der Waals surface area contributed by atoms with Gasteiger partial charge in [0.2, 0.25) is 0 Å². The Morgan fingerprint density at radius 3 is 2.27 bits per heavy atom. The molecule has 0 fully saturated rings. The Bertz CT molecular complexity index is 1090. The average molecular weight is 391 g/mol. The molecule has 0 saturated heterocycles. The van der Waals surface area contributed by atoms with Gasteiger partial charge in [-0.1, -0.05) is 72.9 Å². The van der Waals surface area contributed by atoms with Crippen molar-refractivity contribution in [3.8, 4) is 0 Å². The third-order valence-electron chi connectivity index (χ3n) is 4.55. The third-order valence-corrected chi connectivity index (χ3v) is 7.98. The second-order valence-electron chi connectivity index (χ2n) is 6.25. The second kappa shape index (κ2) is 8.20. The predicted molar refractivity (Wildman–Crippen MR) is 107 cm³/mol. The number of nitrogens with one attached hydrogen (secondary N) is 1. The molecule has 3 nitrogen and oxygen atoms in total. The zero-order chi connectivity index (χ0) is 17.4. The van der Waals surface area contributed by atoms with Crippen molar-refractivity contribution in [2.24, 2.45) is 0 Å². The Morgan fingerprint density at radius 1 is 0.962 bits per heavy atom. The van der Waals surface area contributed by atoms with Crippen LogP contribution in [0.3, 0.4) is 0 Å². The molecule has 0 saturated carbocycles. The summed E-state index contributed by atoms with van der Waals surface area (Å²) in [5.74, 6) is 0.617. The summed E-state index contributed by atoms with van der Waals surface area (Å²) in [4.78, 5) is 12.1. The van der Waals surface area contributed by atoms with Crippen molar-refractivity contribution < 1.29 is 39.0 Å². The molecular weight excluding hydrogens is 372 g/mol. The Kier molecular flexibility index (Phi) is 6.36. The van der Waals surface area contributed by atoms with Crippen LogP contribution in [0, 0.1) is 0 Å². The molecule has 4 rings (SSSR count). The quantitative estimate of drug-likeness (QED) is 0.311. The molecule has 1 unspecified atom stereocenters. The largest absolute Gasteiger partial charge is 1.00 e. The van der Waals surface area contributed by atoms with E-state index in [0.717, 1.165) is 28.8 Å². The fraction of sp³-hybridized carbons (Fsp3) is 0.200. The van der Waals surface area contributed by atoms with Crippen molar-refractivity contribution in [2.45, 2.75) is 19.9 Å². The fourth-order valence-corrected chi connectivity index (χ4v) is 6.00. The molecule has 26 heavy (non-hydrogen) atoms. The minimum Gasteiger partial charge on any atom is -0.780 e. The molecule has 0 spiro atoms. The molecule has 0 amide bonds. The van der Waals surface area contributed by atoms with Crippen LogP contribution in [-0.4, -0.2) is 5.75 Å². The van der Waals surface area contributed by atoms with Gasteiger partial charge in [-0.2, -0.15) is 0 Å². The first-order chi connectivity index (χ1) is 12.1. The molecule has 6 heteroatoms. The number of rotatable bonds is 6. The molecular formula is C20H19NNaO2PS. The van der Waals surface area contributed by atoms with Gasteiger partial charge in [0.05, 0.1) is 0 Å². The summed E-state index contributed by atoms with van der Waals surface area (Å²) < 4.78 is 12.1. The van der Waals surface area contributed by atoms with Gasteiger partial charge in [0.15, 0.2) is 0 Å². The van der Waals surface area contributed by atoms with E-state index < -0.39 is 6.72 Å². The molecule has 0 heterocycles. The Morgan fingerprint density at radius 2 is 1.58 bits per heavy atom. The summed E-state index contributed by atoms with van der Waals surface area (Å²) in [7, 11) is 0. The first-order valence-electron chi connectivity index (χ1n) is 8.45.